The molecule has 0 aliphatic heterocycles. The van der Waals surface area contributed by atoms with Crippen LogP contribution in [0.3, 0.4) is 0 Å². The molecule has 12 bridgehead atoms. The summed E-state index contributed by atoms with van der Waals surface area (Å²) >= 11 is 0. The monoisotopic (exact) mass is 1120 g/mol. The van der Waals surface area contributed by atoms with E-state index in [9.17, 15) is 29.1 Å². The van der Waals surface area contributed by atoms with E-state index in [0.717, 1.165) is 93.8 Å². The lowest BCUT2D eigenvalue weighted by Gasteiger charge is -2.62. The van der Waals surface area contributed by atoms with E-state index in [4.69, 9.17) is 23.7 Å². The molecule has 0 aromatic heterocycles. The van der Waals surface area contributed by atoms with Gasteiger partial charge < -0.3 is 28.8 Å². The minimum absolute atomic E-state index is 0.163. The second kappa shape index (κ2) is 25.3. The average molecular weight is 1130 g/mol. The van der Waals surface area contributed by atoms with Gasteiger partial charge in [-0.3, -0.25) is 0 Å². The van der Waals surface area contributed by atoms with Gasteiger partial charge in [0, 0.05) is 39.7 Å². The van der Waals surface area contributed by atoms with E-state index in [1.165, 1.54) is 103 Å². The van der Waals surface area contributed by atoms with Crippen molar-refractivity contribution in [3.05, 3.63) is 60.8 Å². The van der Waals surface area contributed by atoms with Crippen LogP contribution in [0.5, 0.6) is 0 Å². The molecule has 0 aromatic rings. The van der Waals surface area contributed by atoms with E-state index in [-0.39, 0.29) is 57.7 Å². The first-order valence-corrected chi connectivity index (χ1v) is 32.0. The van der Waals surface area contributed by atoms with E-state index in [1.807, 2.05) is 6.92 Å². The highest BCUT2D eigenvalue weighted by Gasteiger charge is 2.62. The number of esters is 5. The van der Waals surface area contributed by atoms with Gasteiger partial charge >= 0.3 is 29.8 Å². The van der Waals surface area contributed by atoms with E-state index in [0.29, 0.717) is 63.9 Å². The van der Waals surface area contributed by atoms with Crippen LogP contribution in [0.25, 0.3) is 0 Å². The van der Waals surface area contributed by atoms with Gasteiger partial charge in [0.2, 0.25) is 0 Å². The van der Waals surface area contributed by atoms with Gasteiger partial charge in [-0.05, 0) is 275 Å². The summed E-state index contributed by atoms with van der Waals surface area (Å²) in [4.78, 5) is 58.5. The van der Waals surface area contributed by atoms with Crippen LogP contribution in [0.1, 0.15) is 250 Å². The molecule has 3 unspecified atom stereocenters. The molecular formula is C70H108O11. The molecule has 454 valence electrons. The smallest absolute Gasteiger partial charge is 0.333 e. The van der Waals surface area contributed by atoms with Crippen LogP contribution in [-0.4, -0.2) is 68.6 Å². The molecule has 1 N–H and O–H groups in total. The Morgan fingerprint density at radius 3 is 1.28 bits per heavy atom. The molecule has 0 radical (unpaired) electrons. The van der Waals surface area contributed by atoms with Crippen molar-refractivity contribution in [3.8, 4) is 0 Å². The molecule has 0 aromatic carbocycles. The van der Waals surface area contributed by atoms with Gasteiger partial charge in [-0.25, -0.2) is 24.0 Å². The molecule has 0 amide bonds. The summed E-state index contributed by atoms with van der Waals surface area (Å²) in [5, 5.41) is 10.5. The maximum absolute atomic E-state index is 12.1. The van der Waals surface area contributed by atoms with E-state index >= 15 is 0 Å². The number of hydrogen-bond acceptors (Lipinski definition) is 11. The van der Waals surface area contributed by atoms with Crippen LogP contribution in [-0.2, 0) is 47.7 Å². The van der Waals surface area contributed by atoms with Crippen molar-refractivity contribution in [2.45, 2.75) is 283 Å². The highest BCUT2D eigenvalue weighted by molar-refractivity contribution is 5.89. The zero-order valence-electron chi connectivity index (χ0n) is 52.4. The maximum Gasteiger partial charge on any atom is 0.333 e. The number of aliphatic hydroxyl groups is 1. The minimum atomic E-state index is -0.570. The Balaban J connectivity index is 0.000000148. The standard InChI is InChI=1S/C18H28O2.C16H24O2.C14H20O3.C12H20O2.C10H16O2/c1-5-17(4,20-16(19)12(2)3)18-9-13-6-14(10-18)8-15(7-13)11-18;1-4-16(18-15(17)10(2)3)13-6-11-5-12(8-13)9-14(16)7-11;1-9(2)12(15)17-14-6-10-3-11(7-14)5-13(16,4-10)8-14;1-9(2)11(13)14-12(10(3)4)7-5-6-8-12;1-8(2)9(11)12-10(3)6-4-5-7-10/h13-15H,2,5-11H2,1,3-4H3;11-14H,2,4-9H2,1,3H3;10-11,16H,1,3-8H2,2H3;10H,1,5-8H2,2-4H3;1,4-7H2,2-3H3. The van der Waals surface area contributed by atoms with Crippen molar-refractivity contribution in [2.75, 3.05) is 0 Å². The third kappa shape index (κ3) is 14.6. The first kappa shape index (κ1) is 64.6. The minimum Gasteiger partial charge on any atom is -0.456 e. The number of carbonyl (C=O) groups is 5. The number of ether oxygens (including phenoxy) is 5. The first-order chi connectivity index (χ1) is 37.8. The number of carbonyl (C=O) groups excluding carboxylic acids is 5. The van der Waals surface area contributed by atoms with E-state index < -0.39 is 11.2 Å². The molecule has 11 nitrogen and oxygen atoms in total. The fourth-order valence-electron chi connectivity index (χ4n) is 18.8. The zero-order chi connectivity index (χ0) is 59.7. The Kier molecular flexibility index (Phi) is 20.2. The molecule has 14 saturated carbocycles. The SMILES string of the molecule is C=C(C)C(=O)OC(C)(CC)C12CC3CC(CC(C3)C1)C2.C=C(C)C(=O)OC1(C(C)C)CCCC1.C=C(C)C(=O)OC1(C)CCCC1.C=C(C)C(=O)OC1(CC)C2CC3CC(C2)CC1C3.C=C(C)C(=O)OC12CC3CC(CC(O)(C3)C1)C2. The fourth-order valence-corrected chi connectivity index (χ4v) is 18.8. The highest BCUT2D eigenvalue weighted by atomic mass is 16.6. The highest BCUT2D eigenvalue weighted by Crippen LogP contribution is 2.66. The topological polar surface area (TPSA) is 152 Å². The van der Waals surface area contributed by atoms with Crippen LogP contribution in [0.2, 0.25) is 0 Å². The van der Waals surface area contributed by atoms with Crippen LogP contribution in [0.4, 0.5) is 0 Å². The summed E-state index contributed by atoms with van der Waals surface area (Å²) < 4.78 is 28.6. The second-order valence-electron chi connectivity index (χ2n) is 29.7. The first-order valence-electron chi connectivity index (χ1n) is 32.0. The Bertz CT molecular complexity index is 2310. The normalized spacial score (nSPS) is 36.5. The summed E-state index contributed by atoms with van der Waals surface area (Å²) in [7, 11) is 0. The fraction of sp³-hybridized carbons (Fsp3) is 0.786. The van der Waals surface area contributed by atoms with Crippen LogP contribution >= 0.6 is 0 Å². The van der Waals surface area contributed by atoms with Crippen LogP contribution < -0.4 is 0 Å². The summed E-state index contributed by atoms with van der Waals surface area (Å²) in [5.41, 5.74) is 0.878. The van der Waals surface area contributed by atoms with Crippen LogP contribution in [0, 0.1) is 64.6 Å². The molecule has 11 heteroatoms. The molecule has 81 heavy (non-hydrogen) atoms. The van der Waals surface area contributed by atoms with Gasteiger partial charge in [-0.15, -0.1) is 0 Å². The molecule has 14 fully saturated rings. The molecule has 14 aliphatic carbocycles. The predicted octanol–water partition coefficient (Wildman–Crippen LogP) is 15.9. The maximum atomic E-state index is 12.1. The largest absolute Gasteiger partial charge is 0.456 e. The Labute approximate surface area is 489 Å². The van der Waals surface area contributed by atoms with Gasteiger partial charge in [0.15, 0.2) is 0 Å². The van der Waals surface area contributed by atoms with E-state index in [1.54, 1.807) is 34.6 Å². The second-order valence-corrected chi connectivity index (χ2v) is 29.7. The van der Waals surface area contributed by atoms with Crippen molar-refractivity contribution in [1.82, 2.24) is 0 Å². The van der Waals surface area contributed by atoms with E-state index in [2.05, 4.69) is 67.5 Å². The molecule has 14 aliphatic rings. The quantitative estimate of drug-likeness (QED) is 0.101. The summed E-state index contributed by atoms with van der Waals surface area (Å²) in [6, 6.07) is 0. The summed E-state index contributed by atoms with van der Waals surface area (Å²) in [6.45, 7) is 39.6. The van der Waals surface area contributed by atoms with Crippen molar-refractivity contribution < 1.29 is 52.8 Å². The van der Waals surface area contributed by atoms with Gasteiger partial charge in [-0.2, -0.15) is 0 Å². The molecular weight excluding hydrogens is 1020 g/mol. The Morgan fingerprint density at radius 1 is 0.506 bits per heavy atom. The van der Waals surface area contributed by atoms with Gasteiger partial charge in [0.05, 0.1) is 5.60 Å². The molecule has 0 saturated heterocycles. The third-order valence-corrected chi connectivity index (χ3v) is 22.3. The molecule has 14 rings (SSSR count). The number of hydrogen-bond donors (Lipinski definition) is 1. The van der Waals surface area contributed by atoms with Gasteiger partial charge in [0.1, 0.15) is 28.0 Å². The third-order valence-electron chi connectivity index (χ3n) is 22.3. The summed E-state index contributed by atoms with van der Waals surface area (Å²) in [6.07, 6.45) is 30.7. The van der Waals surface area contributed by atoms with Crippen molar-refractivity contribution in [2.24, 2.45) is 64.6 Å². The molecule has 3 atom stereocenters. The zero-order valence-corrected chi connectivity index (χ0v) is 52.4. The lowest BCUT2D eigenvalue weighted by molar-refractivity contribution is -0.217. The van der Waals surface area contributed by atoms with Crippen molar-refractivity contribution in [3.63, 3.8) is 0 Å². The lowest BCUT2D eigenvalue weighted by atomic mass is 9.45. The number of rotatable bonds is 14. The Hall–Kier alpha value is -3.99. The van der Waals surface area contributed by atoms with Gasteiger partial charge in [0.25, 0.3) is 0 Å². The summed E-state index contributed by atoms with van der Waals surface area (Å²) in [5.74, 6) is 6.02. The Morgan fingerprint density at radius 2 is 0.889 bits per heavy atom. The van der Waals surface area contributed by atoms with Gasteiger partial charge in [-0.1, -0.05) is 60.6 Å². The lowest BCUT2D eigenvalue weighted by Crippen LogP contribution is -2.60. The van der Waals surface area contributed by atoms with Crippen molar-refractivity contribution in [1.29, 1.82) is 0 Å². The van der Waals surface area contributed by atoms with Crippen LogP contribution in [0.15, 0.2) is 60.8 Å². The van der Waals surface area contributed by atoms with Crippen molar-refractivity contribution >= 4 is 29.8 Å². The molecule has 0 heterocycles. The average Bonchev–Trinajstić information content (AvgIpc) is 4.15. The molecule has 0 spiro atoms. The predicted molar refractivity (Wildman–Crippen MR) is 319 cm³/mol.